The van der Waals surface area contributed by atoms with Crippen LogP contribution in [0.1, 0.15) is 46.0 Å². The van der Waals surface area contributed by atoms with E-state index >= 15 is 0 Å². The summed E-state index contributed by atoms with van der Waals surface area (Å²) in [6.45, 7) is 4.32. The lowest BCUT2D eigenvalue weighted by molar-refractivity contribution is -0.143. The van der Waals surface area contributed by atoms with Gasteiger partial charge in [0.1, 0.15) is 0 Å². The predicted molar refractivity (Wildman–Crippen MR) is 75.7 cm³/mol. The van der Waals surface area contributed by atoms with Crippen molar-refractivity contribution >= 4 is 12.1 Å². The Morgan fingerprint density at radius 2 is 1.86 bits per heavy atom. The lowest BCUT2D eigenvalue weighted by Gasteiger charge is -2.37. The summed E-state index contributed by atoms with van der Waals surface area (Å²) in [4.78, 5) is 25.4. The van der Waals surface area contributed by atoms with Crippen molar-refractivity contribution < 1.29 is 24.2 Å². The van der Waals surface area contributed by atoms with Crippen molar-refractivity contribution in [2.45, 2.75) is 64.1 Å². The number of fused-ring (bicyclic) bond motifs is 2. The molecule has 1 amide bonds. The topological polar surface area (TPSA) is 76.1 Å². The van der Waals surface area contributed by atoms with E-state index in [9.17, 15) is 14.7 Å². The van der Waals surface area contributed by atoms with Crippen LogP contribution in [0.15, 0.2) is 0 Å². The number of piperidine rings is 1. The van der Waals surface area contributed by atoms with Gasteiger partial charge in [-0.05, 0) is 45.4 Å². The molecule has 2 rings (SSSR count). The average Bonchev–Trinajstić information content (AvgIpc) is 2.65. The summed E-state index contributed by atoms with van der Waals surface area (Å²) in [5.74, 6) is 0.0446. The molecular weight excluding hydrogens is 274 g/mol. The van der Waals surface area contributed by atoms with Crippen LogP contribution < -0.4 is 0 Å². The van der Waals surface area contributed by atoms with Crippen LogP contribution in [0, 0.1) is 5.92 Å². The summed E-state index contributed by atoms with van der Waals surface area (Å²) < 4.78 is 10.1. The molecular formula is C15H25NO5. The number of aliphatic hydroxyl groups excluding tert-OH is 1. The van der Waals surface area contributed by atoms with Gasteiger partial charge in [0, 0.05) is 18.5 Å². The molecule has 2 aliphatic rings. The van der Waals surface area contributed by atoms with E-state index in [1.165, 1.54) is 0 Å². The van der Waals surface area contributed by atoms with Crippen LogP contribution in [0.2, 0.25) is 0 Å². The maximum absolute atomic E-state index is 12.1. The highest BCUT2D eigenvalue weighted by molar-refractivity contribution is 5.70. The summed E-state index contributed by atoms with van der Waals surface area (Å²) >= 11 is 0. The van der Waals surface area contributed by atoms with Crippen LogP contribution in [0.25, 0.3) is 0 Å². The number of carbonyl (C=O) groups is 2. The molecule has 21 heavy (non-hydrogen) atoms. The monoisotopic (exact) mass is 299 g/mol. The van der Waals surface area contributed by atoms with E-state index in [-0.39, 0.29) is 36.2 Å². The number of hydrogen-bond donors (Lipinski definition) is 1. The van der Waals surface area contributed by atoms with E-state index in [0.29, 0.717) is 38.9 Å². The van der Waals surface area contributed by atoms with Crippen LogP contribution in [-0.4, -0.2) is 53.5 Å². The van der Waals surface area contributed by atoms with Gasteiger partial charge in [0.05, 0.1) is 19.3 Å². The molecule has 2 aliphatic heterocycles. The zero-order chi connectivity index (χ0) is 15.4. The van der Waals surface area contributed by atoms with E-state index in [4.69, 9.17) is 9.47 Å². The average molecular weight is 299 g/mol. The van der Waals surface area contributed by atoms with Gasteiger partial charge in [-0.15, -0.1) is 0 Å². The van der Waals surface area contributed by atoms with Gasteiger partial charge in [0.2, 0.25) is 0 Å². The number of rotatable bonds is 5. The number of hydrogen-bond acceptors (Lipinski definition) is 5. The summed E-state index contributed by atoms with van der Waals surface area (Å²) in [7, 11) is 0. The van der Waals surface area contributed by atoms with Gasteiger partial charge in [0.15, 0.2) is 0 Å². The molecule has 2 heterocycles. The molecule has 0 unspecified atom stereocenters. The Hall–Kier alpha value is -1.30. The first-order chi connectivity index (χ1) is 10.1. The van der Waals surface area contributed by atoms with Crippen molar-refractivity contribution in [3.63, 3.8) is 0 Å². The van der Waals surface area contributed by atoms with Crippen LogP contribution >= 0.6 is 0 Å². The van der Waals surface area contributed by atoms with E-state index in [1.807, 2.05) is 0 Å². The highest BCUT2D eigenvalue weighted by atomic mass is 16.6. The summed E-state index contributed by atoms with van der Waals surface area (Å²) in [6, 6.07) is 0.0113. The predicted octanol–water partition coefficient (Wildman–Crippen LogP) is 1.70. The second-order valence-corrected chi connectivity index (χ2v) is 5.79. The lowest BCUT2D eigenvalue weighted by atomic mass is 9.92. The highest BCUT2D eigenvalue weighted by Gasteiger charge is 2.48. The van der Waals surface area contributed by atoms with Crippen molar-refractivity contribution in [1.82, 2.24) is 4.90 Å². The first-order valence-electron chi connectivity index (χ1n) is 7.85. The van der Waals surface area contributed by atoms with Crippen molar-refractivity contribution in [3.05, 3.63) is 0 Å². The number of nitrogens with zero attached hydrogens (tertiary/aromatic N) is 1. The van der Waals surface area contributed by atoms with Crippen molar-refractivity contribution in [2.75, 3.05) is 13.2 Å². The molecule has 0 saturated carbocycles. The first-order valence-corrected chi connectivity index (χ1v) is 7.85. The highest BCUT2D eigenvalue weighted by Crippen LogP contribution is 2.42. The number of aliphatic hydroxyl groups is 1. The second kappa shape index (κ2) is 7.11. The van der Waals surface area contributed by atoms with Crippen LogP contribution in [0.5, 0.6) is 0 Å². The van der Waals surface area contributed by atoms with Gasteiger partial charge in [-0.3, -0.25) is 4.79 Å². The summed E-state index contributed by atoms with van der Waals surface area (Å²) in [5, 5.41) is 9.93. The van der Waals surface area contributed by atoms with Gasteiger partial charge in [-0.2, -0.15) is 0 Å². The molecule has 0 radical (unpaired) electrons. The van der Waals surface area contributed by atoms with Gasteiger partial charge in [0.25, 0.3) is 0 Å². The van der Waals surface area contributed by atoms with E-state index < -0.39 is 0 Å². The van der Waals surface area contributed by atoms with Crippen LogP contribution in [-0.2, 0) is 14.3 Å². The smallest absolute Gasteiger partial charge is 0.410 e. The number of ether oxygens (including phenoxy) is 2. The van der Waals surface area contributed by atoms with Gasteiger partial charge >= 0.3 is 12.1 Å². The van der Waals surface area contributed by atoms with Crippen LogP contribution in [0.4, 0.5) is 4.79 Å². The third-order valence-corrected chi connectivity index (χ3v) is 4.43. The fourth-order valence-corrected chi connectivity index (χ4v) is 3.65. The Bertz CT molecular complexity index is 386. The maximum Gasteiger partial charge on any atom is 0.410 e. The lowest BCUT2D eigenvalue weighted by Crippen LogP contribution is -2.49. The quantitative estimate of drug-likeness (QED) is 0.782. The number of esters is 1. The number of carbonyl (C=O) groups excluding carboxylic acids is 2. The molecule has 1 N–H and O–H groups in total. The van der Waals surface area contributed by atoms with E-state index in [0.717, 1.165) is 6.42 Å². The Morgan fingerprint density at radius 3 is 2.52 bits per heavy atom. The summed E-state index contributed by atoms with van der Waals surface area (Å²) in [6.07, 6.45) is 2.42. The van der Waals surface area contributed by atoms with Gasteiger partial charge in [-0.25, -0.2) is 4.79 Å². The third-order valence-electron chi connectivity index (χ3n) is 4.43. The zero-order valence-corrected chi connectivity index (χ0v) is 12.8. The minimum atomic E-state index is -0.363. The molecule has 0 aromatic carbocycles. The largest absolute Gasteiger partial charge is 0.466 e. The minimum absolute atomic E-state index is 0.0211. The minimum Gasteiger partial charge on any atom is -0.466 e. The third kappa shape index (κ3) is 3.67. The molecule has 0 aliphatic carbocycles. The van der Waals surface area contributed by atoms with Gasteiger partial charge < -0.3 is 19.5 Å². The SMILES string of the molecule is CCOC(=O)CC[C@@H]1C[C@H]2C[C@@H](O)C[C@@H]1N2C(=O)OCC. The normalized spacial score (nSPS) is 31.1. The Balaban J connectivity index is 1.97. The molecule has 4 atom stereocenters. The Labute approximate surface area is 125 Å². The number of amides is 1. The Morgan fingerprint density at radius 1 is 1.14 bits per heavy atom. The second-order valence-electron chi connectivity index (χ2n) is 5.79. The standard InChI is InChI=1S/C15H25NO5/c1-3-20-14(18)6-5-10-7-11-8-12(17)9-13(10)16(11)15(19)21-4-2/h10-13,17H,3-9H2,1-2H3/t10-,11+,12-,13+/m1/s1. The molecule has 0 aromatic heterocycles. The van der Waals surface area contributed by atoms with Gasteiger partial charge in [-0.1, -0.05) is 0 Å². The zero-order valence-electron chi connectivity index (χ0n) is 12.8. The summed E-state index contributed by atoms with van der Waals surface area (Å²) in [5.41, 5.74) is 0. The van der Waals surface area contributed by atoms with Crippen LogP contribution in [0.3, 0.4) is 0 Å². The Kier molecular flexibility index (Phi) is 5.45. The van der Waals surface area contributed by atoms with Crippen molar-refractivity contribution in [2.24, 2.45) is 5.92 Å². The molecule has 2 fully saturated rings. The van der Waals surface area contributed by atoms with Crippen molar-refractivity contribution in [3.8, 4) is 0 Å². The molecule has 0 spiro atoms. The molecule has 6 nitrogen and oxygen atoms in total. The fourth-order valence-electron chi connectivity index (χ4n) is 3.65. The van der Waals surface area contributed by atoms with Crippen molar-refractivity contribution in [1.29, 1.82) is 0 Å². The molecule has 2 bridgehead atoms. The molecule has 0 aromatic rings. The van der Waals surface area contributed by atoms with E-state index in [2.05, 4.69) is 0 Å². The molecule has 6 heteroatoms. The molecule has 2 saturated heterocycles. The molecule has 120 valence electrons. The first kappa shape index (κ1) is 16.1. The fraction of sp³-hybridized carbons (Fsp3) is 0.867. The van der Waals surface area contributed by atoms with E-state index in [1.54, 1.807) is 18.7 Å². The maximum atomic E-state index is 12.1.